The zero-order chi connectivity index (χ0) is 18.5. The second-order valence-electron chi connectivity index (χ2n) is 5.56. The van der Waals surface area contributed by atoms with Gasteiger partial charge in [0.1, 0.15) is 17.4 Å². The highest BCUT2D eigenvalue weighted by molar-refractivity contribution is 9.10. The van der Waals surface area contributed by atoms with Crippen LogP contribution in [0.3, 0.4) is 0 Å². The number of benzene rings is 2. The van der Waals surface area contributed by atoms with Crippen molar-refractivity contribution >= 4 is 33.2 Å². The average molecular weight is 436 g/mol. The summed E-state index contributed by atoms with van der Waals surface area (Å²) < 4.78 is 25.0. The minimum atomic E-state index is -0.599. The van der Waals surface area contributed by atoms with Crippen LogP contribution in [0.25, 0.3) is 0 Å². The molecule has 134 valence electrons. The van der Waals surface area contributed by atoms with E-state index in [2.05, 4.69) is 20.9 Å². The molecule has 1 aromatic heterocycles. The van der Waals surface area contributed by atoms with E-state index in [1.165, 1.54) is 23.5 Å². The predicted octanol–water partition coefficient (Wildman–Crippen LogP) is 5.08. The van der Waals surface area contributed by atoms with Gasteiger partial charge < -0.3 is 9.47 Å². The smallest absolute Gasteiger partial charge is 0.317 e. The number of thiazole rings is 1. The number of aromatic nitrogens is 1. The van der Waals surface area contributed by atoms with Gasteiger partial charge >= 0.3 is 5.97 Å². The maximum absolute atomic E-state index is 13.7. The molecule has 0 aliphatic rings. The summed E-state index contributed by atoms with van der Waals surface area (Å²) in [5.41, 5.74) is 1.73. The average Bonchev–Trinajstić information content (AvgIpc) is 3.04. The molecule has 0 saturated heterocycles. The third-order valence-electron chi connectivity index (χ3n) is 3.43. The largest absolute Gasteiger partial charge is 0.486 e. The van der Waals surface area contributed by atoms with E-state index in [-0.39, 0.29) is 12.2 Å². The van der Waals surface area contributed by atoms with Crippen LogP contribution in [0, 0.1) is 12.7 Å². The normalized spacial score (nSPS) is 10.6. The minimum absolute atomic E-state index is 0.0312. The van der Waals surface area contributed by atoms with Crippen molar-refractivity contribution in [2.45, 2.75) is 20.0 Å². The Morgan fingerprint density at radius 2 is 2.00 bits per heavy atom. The standard InChI is InChI=1S/C19H15BrFNO3S/c1-12-2-5-15(6-3-12)24-10-18-22-14(11-26-18)9-19(23)25-17-7-4-13(20)8-16(17)21/h2-8,11H,9-10H2,1H3. The number of rotatable bonds is 6. The van der Waals surface area contributed by atoms with E-state index in [4.69, 9.17) is 9.47 Å². The Kier molecular flexibility index (Phi) is 6.00. The van der Waals surface area contributed by atoms with Crippen LogP contribution in [-0.2, 0) is 17.8 Å². The molecule has 2 aromatic carbocycles. The van der Waals surface area contributed by atoms with E-state index >= 15 is 0 Å². The van der Waals surface area contributed by atoms with Gasteiger partial charge in [0, 0.05) is 9.85 Å². The minimum Gasteiger partial charge on any atom is -0.486 e. The molecule has 0 amide bonds. The molecule has 0 aliphatic carbocycles. The zero-order valence-corrected chi connectivity index (χ0v) is 16.3. The van der Waals surface area contributed by atoms with Crippen molar-refractivity contribution in [3.63, 3.8) is 0 Å². The number of ether oxygens (including phenoxy) is 2. The number of aryl methyl sites for hydroxylation is 1. The van der Waals surface area contributed by atoms with E-state index in [0.29, 0.717) is 16.8 Å². The molecular formula is C19H15BrFNO3S. The Bertz CT molecular complexity index is 911. The summed E-state index contributed by atoms with van der Waals surface area (Å²) in [6.45, 7) is 2.33. The molecule has 0 saturated carbocycles. The van der Waals surface area contributed by atoms with E-state index in [1.807, 2.05) is 31.2 Å². The number of hydrogen-bond donors (Lipinski definition) is 0. The third kappa shape index (κ3) is 5.12. The lowest BCUT2D eigenvalue weighted by atomic mass is 10.2. The molecule has 0 radical (unpaired) electrons. The van der Waals surface area contributed by atoms with Crippen molar-refractivity contribution in [3.05, 3.63) is 74.4 Å². The number of nitrogens with zero attached hydrogens (tertiary/aromatic N) is 1. The maximum atomic E-state index is 13.7. The molecule has 0 fully saturated rings. The maximum Gasteiger partial charge on any atom is 0.317 e. The molecular weight excluding hydrogens is 421 g/mol. The Balaban J connectivity index is 1.54. The number of hydrogen-bond acceptors (Lipinski definition) is 5. The summed E-state index contributed by atoms with van der Waals surface area (Å²) in [6, 6.07) is 12.0. The van der Waals surface area contributed by atoms with Gasteiger partial charge in [-0.3, -0.25) is 4.79 Å². The topological polar surface area (TPSA) is 48.4 Å². The first-order valence-electron chi connectivity index (χ1n) is 7.78. The molecule has 1 heterocycles. The van der Waals surface area contributed by atoms with Gasteiger partial charge in [0.25, 0.3) is 0 Å². The van der Waals surface area contributed by atoms with Gasteiger partial charge in [-0.1, -0.05) is 33.6 Å². The van der Waals surface area contributed by atoms with Crippen molar-refractivity contribution in [2.75, 3.05) is 0 Å². The van der Waals surface area contributed by atoms with Gasteiger partial charge in [0.15, 0.2) is 11.6 Å². The van der Waals surface area contributed by atoms with E-state index in [0.717, 1.165) is 16.3 Å². The molecule has 0 atom stereocenters. The summed E-state index contributed by atoms with van der Waals surface area (Å²) in [7, 11) is 0. The highest BCUT2D eigenvalue weighted by Crippen LogP contribution is 2.22. The lowest BCUT2D eigenvalue weighted by Crippen LogP contribution is -2.12. The van der Waals surface area contributed by atoms with E-state index in [9.17, 15) is 9.18 Å². The van der Waals surface area contributed by atoms with E-state index in [1.54, 1.807) is 11.4 Å². The third-order valence-corrected chi connectivity index (χ3v) is 4.79. The van der Waals surface area contributed by atoms with Crippen LogP contribution in [0.4, 0.5) is 4.39 Å². The highest BCUT2D eigenvalue weighted by atomic mass is 79.9. The fraction of sp³-hybridized carbons (Fsp3) is 0.158. The van der Waals surface area contributed by atoms with Crippen molar-refractivity contribution < 1.29 is 18.7 Å². The summed E-state index contributed by atoms with van der Waals surface area (Å²) in [4.78, 5) is 16.3. The summed E-state index contributed by atoms with van der Waals surface area (Å²) >= 11 is 4.55. The molecule has 0 aliphatic heterocycles. The van der Waals surface area contributed by atoms with Gasteiger partial charge in [-0.05, 0) is 37.3 Å². The second kappa shape index (κ2) is 8.42. The molecule has 3 aromatic rings. The van der Waals surface area contributed by atoms with Gasteiger partial charge in [0.2, 0.25) is 0 Å². The van der Waals surface area contributed by atoms with Crippen LogP contribution < -0.4 is 9.47 Å². The lowest BCUT2D eigenvalue weighted by molar-refractivity contribution is -0.133. The molecule has 7 heteroatoms. The van der Waals surface area contributed by atoms with Gasteiger partial charge in [-0.2, -0.15) is 0 Å². The highest BCUT2D eigenvalue weighted by Gasteiger charge is 2.13. The lowest BCUT2D eigenvalue weighted by Gasteiger charge is -2.05. The first-order valence-corrected chi connectivity index (χ1v) is 9.45. The summed E-state index contributed by atoms with van der Waals surface area (Å²) in [6.07, 6.45) is -0.0312. The fourth-order valence-corrected chi connectivity index (χ4v) is 3.18. The monoisotopic (exact) mass is 435 g/mol. The Labute approximate surface area is 162 Å². The van der Waals surface area contributed by atoms with Crippen molar-refractivity contribution in [1.82, 2.24) is 4.98 Å². The van der Waals surface area contributed by atoms with E-state index < -0.39 is 11.8 Å². The van der Waals surface area contributed by atoms with Crippen LogP contribution in [0.15, 0.2) is 52.3 Å². The SMILES string of the molecule is Cc1ccc(OCc2nc(CC(=O)Oc3ccc(Br)cc3F)cs2)cc1. The number of carbonyl (C=O) groups excluding carboxylic acids is 1. The number of esters is 1. The second-order valence-corrected chi connectivity index (χ2v) is 7.42. The zero-order valence-electron chi connectivity index (χ0n) is 13.9. The van der Waals surface area contributed by atoms with Crippen molar-refractivity contribution in [2.24, 2.45) is 0 Å². The first-order chi connectivity index (χ1) is 12.5. The Hall–Kier alpha value is -2.25. The Morgan fingerprint density at radius 1 is 1.23 bits per heavy atom. The fourth-order valence-electron chi connectivity index (χ4n) is 2.14. The van der Waals surface area contributed by atoms with Crippen molar-refractivity contribution in [3.8, 4) is 11.5 Å². The van der Waals surface area contributed by atoms with Crippen LogP contribution in [0.2, 0.25) is 0 Å². The number of carbonyl (C=O) groups is 1. The summed E-state index contributed by atoms with van der Waals surface area (Å²) in [5.74, 6) is -0.505. The quantitative estimate of drug-likeness (QED) is 0.400. The van der Waals surface area contributed by atoms with Gasteiger partial charge in [-0.15, -0.1) is 11.3 Å². The molecule has 0 bridgehead atoms. The Morgan fingerprint density at radius 3 is 2.73 bits per heavy atom. The van der Waals surface area contributed by atoms with Crippen molar-refractivity contribution in [1.29, 1.82) is 0 Å². The first kappa shape index (κ1) is 18.5. The number of halogens is 2. The van der Waals surface area contributed by atoms with Crippen LogP contribution in [-0.4, -0.2) is 11.0 Å². The molecule has 4 nitrogen and oxygen atoms in total. The van der Waals surface area contributed by atoms with Crippen LogP contribution in [0.5, 0.6) is 11.5 Å². The van der Waals surface area contributed by atoms with Gasteiger partial charge in [0.05, 0.1) is 12.1 Å². The molecule has 3 rings (SSSR count). The molecule has 0 spiro atoms. The molecule has 26 heavy (non-hydrogen) atoms. The van der Waals surface area contributed by atoms with Gasteiger partial charge in [-0.25, -0.2) is 9.37 Å². The predicted molar refractivity (Wildman–Crippen MR) is 101 cm³/mol. The summed E-state index contributed by atoms with van der Waals surface area (Å²) in [5, 5.41) is 2.52. The molecule has 0 unspecified atom stereocenters. The van der Waals surface area contributed by atoms with Crippen LogP contribution >= 0.6 is 27.3 Å². The van der Waals surface area contributed by atoms with Crippen LogP contribution in [0.1, 0.15) is 16.3 Å². The molecule has 0 N–H and O–H groups in total.